The van der Waals surface area contributed by atoms with Crippen LogP contribution >= 0.6 is 15.9 Å². The standard InChI is InChI=1S/C22H18FNO4.C21H16FNO4.C14H11BrFNO2/c1-26-22(25)18-8-2-14(12-19(18)24-17-6-4-16(23)5-7-17)15-3-9-20-21(13-15)28-11-10-27-20;22-15-3-5-16(6-4-15)23-18-11-13(1-7-17(18)21(24)25)14-2-8-19-20(12-14)27-10-9-26-19;1-19-14(18)12-7-2-9(15)8-13(12)17-11-5-3-10(16)4-6-11/h2-9,12-13,24H,10-11H2,1H3;1-8,11-12,23H,9-10H2,(H,24,25);2-8,17H,1H3. The molecule has 376 valence electrons. The monoisotopic (exact) mass is 1070 g/mol. The molecule has 0 saturated carbocycles. The molecule has 2 aliphatic heterocycles. The maximum absolute atomic E-state index is 13.2. The molecular formula is C57H45BrF3N3O10. The number of ether oxygens (including phenoxy) is 6. The first-order valence-corrected chi connectivity index (χ1v) is 23.5. The summed E-state index contributed by atoms with van der Waals surface area (Å²) in [4.78, 5) is 35.4. The third-order valence-corrected chi connectivity index (χ3v) is 11.7. The number of carbonyl (C=O) groups is 3. The Bertz CT molecular complexity index is 3310. The Morgan fingerprint density at radius 2 is 0.757 bits per heavy atom. The normalized spacial score (nSPS) is 11.8. The van der Waals surface area contributed by atoms with Crippen LogP contribution < -0.4 is 34.9 Å². The summed E-state index contributed by atoms with van der Waals surface area (Å²) in [6, 6.07) is 44.4. The third-order valence-electron chi connectivity index (χ3n) is 11.2. The molecule has 0 aromatic heterocycles. The number of fused-ring (bicyclic) bond motifs is 2. The van der Waals surface area contributed by atoms with Crippen molar-refractivity contribution in [3.05, 3.63) is 202 Å². The number of hydrogen-bond acceptors (Lipinski definition) is 12. The number of nitrogens with one attached hydrogen (secondary N) is 3. The summed E-state index contributed by atoms with van der Waals surface area (Å²) < 4.78 is 71.9. The summed E-state index contributed by atoms with van der Waals surface area (Å²) in [5, 5.41) is 18.7. The highest BCUT2D eigenvalue weighted by atomic mass is 79.9. The van der Waals surface area contributed by atoms with Crippen LogP contribution in [-0.2, 0) is 9.47 Å². The molecule has 10 rings (SSSR count). The zero-order chi connectivity index (χ0) is 52.1. The van der Waals surface area contributed by atoms with Crippen molar-refractivity contribution < 1.29 is 61.1 Å². The predicted octanol–water partition coefficient (Wildman–Crippen LogP) is 13.6. The molecule has 0 amide bonds. The van der Waals surface area contributed by atoms with Gasteiger partial charge in [-0.2, -0.15) is 0 Å². The van der Waals surface area contributed by atoms with Gasteiger partial charge in [0.25, 0.3) is 0 Å². The Balaban J connectivity index is 0.000000151. The summed E-state index contributed by atoms with van der Waals surface area (Å²) in [7, 11) is 2.66. The van der Waals surface area contributed by atoms with Crippen LogP contribution in [0.4, 0.5) is 47.3 Å². The van der Waals surface area contributed by atoms with Crippen LogP contribution in [0, 0.1) is 17.5 Å². The predicted molar refractivity (Wildman–Crippen MR) is 279 cm³/mol. The Kier molecular flexibility index (Phi) is 16.6. The SMILES string of the molecule is COC(=O)c1ccc(-c2ccc3c(c2)OCCO3)cc1Nc1ccc(F)cc1.COC(=O)c1ccc(Br)cc1Nc1ccc(F)cc1.O=C(O)c1ccc(-c2ccc3c(c2)OCCO3)cc1Nc1ccc(F)cc1. The number of carbonyl (C=O) groups excluding carboxylic acids is 2. The Hall–Kier alpha value is -8.96. The van der Waals surface area contributed by atoms with Gasteiger partial charge < -0.3 is 49.5 Å². The first kappa shape index (κ1) is 51.4. The van der Waals surface area contributed by atoms with Gasteiger partial charge in [0.2, 0.25) is 0 Å². The van der Waals surface area contributed by atoms with E-state index in [0.717, 1.165) is 26.7 Å². The first-order chi connectivity index (χ1) is 35.8. The van der Waals surface area contributed by atoms with Gasteiger partial charge in [-0.1, -0.05) is 40.2 Å². The molecule has 74 heavy (non-hydrogen) atoms. The van der Waals surface area contributed by atoms with E-state index in [9.17, 15) is 32.7 Å². The summed E-state index contributed by atoms with van der Waals surface area (Å²) in [5.74, 6) is -0.185. The number of benzene rings is 8. The number of anilines is 6. The third kappa shape index (κ3) is 13.1. The molecule has 0 unspecified atom stereocenters. The van der Waals surface area contributed by atoms with Gasteiger partial charge >= 0.3 is 17.9 Å². The van der Waals surface area contributed by atoms with E-state index in [0.29, 0.717) is 94.7 Å². The van der Waals surface area contributed by atoms with E-state index in [1.165, 1.54) is 50.6 Å². The molecule has 0 spiro atoms. The van der Waals surface area contributed by atoms with Gasteiger partial charge in [-0.25, -0.2) is 27.6 Å². The van der Waals surface area contributed by atoms with Crippen LogP contribution in [0.2, 0.25) is 0 Å². The van der Waals surface area contributed by atoms with Crippen LogP contribution in [0.15, 0.2) is 168 Å². The molecule has 0 aliphatic carbocycles. The summed E-state index contributed by atoms with van der Waals surface area (Å²) in [5.41, 5.74) is 7.93. The largest absolute Gasteiger partial charge is 0.486 e. The van der Waals surface area contributed by atoms with E-state index in [1.54, 1.807) is 78.9 Å². The number of halogens is 4. The van der Waals surface area contributed by atoms with Crippen molar-refractivity contribution in [2.75, 3.05) is 56.6 Å². The zero-order valence-electron chi connectivity index (χ0n) is 39.6. The molecule has 0 atom stereocenters. The second kappa shape index (κ2) is 24.0. The molecule has 2 heterocycles. The summed E-state index contributed by atoms with van der Waals surface area (Å²) >= 11 is 3.34. The van der Waals surface area contributed by atoms with Gasteiger partial charge in [0.1, 0.15) is 43.9 Å². The number of hydrogen-bond donors (Lipinski definition) is 4. The molecule has 13 nitrogen and oxygen atoms in total. The molecule has 17 heteroatoms. The van der Waals surface area contributed by atoms with Crippen LogP contribution in [0.3, 0.4) is 0 Å². The van der Waals surface area contributed by atoms with Gasteiger partial charge in [0.05, 0.1) is 48.0 Å². The van der Waals surface area contributed by atoms with Gasteiger partial charge in [-0.15, -0.1) is 0 Å². The number of carboxylic acid groups (broad SMARTS) is 1. The average molecular weight is 1070 g/mol. The molecule has 4 N–H and O–H groups in total. The number of rotatable bonds is 11. The van der Waals surface area contributed by atoms with Crippen molar-refractivity contribution in [1.82, 2.24) is 0 Å². The van der Waals surface area contributed by atoms with Gasteiger partial charge in [0.15, 0.2) is 23.0 Å². The lowest BCUT2D eigenvalue weighted by Gasteiger charge is -2.19. The van der Waals surface area contributed by atoms with Crippen LogP contribution in [0.25, 0.3) is 22.3 Å². The maximum Gasteiger partial charge on any atom is 0.339 e. The van der Waals surface area contributed by atoms with E-state index >= 15 is 0 Å². The topological polar surface area (TPSA) is 163 Å². The summed E-state index contributed by atoms with van der Waals surface area (Å²) in [6.07, 6.45) is 0. The van der Waals surface area contributed by atoms with E-state index in [-0.39, 0.29) is 23.0 Å². The fraction of sp³-hybridized carbons (Fsp3) is 0.105. The number of esters is 2. The maximum atomic E-state index is 13.2. The Morgan fingerprint density at radius 1 is 0.432 bits per heavy atom. The van der Waals surface area contributed by atoms with Gasteiger partial charge in [-0.3, -0.25) is 0 Å². The number of methoxy groups -OCH3 is 2. The second-order valence-corrected chi connectivity index (χ2v) is 17.0. The van der Waals surface area contributed by atoms with Crippen LogP contribution in [0.1, 0.15) is 31.1 Å². The van der Waals surface area contributed by atoms with Crippen LogP contribution in [0.5, 0.6) is 23.0 Å². The van der Waals surface area contributed by atoms with Crippen molar-refractivity contribution in [3.8, 4) is 45.3 Å². The minimum atomic E-state index is -1.05. The molecule has 0 fully saturated rings. The minimum Gasteiger partial charge on any atom is -0.486 e. The zero-order valence-corrected chi connectivity index (χ0v) is 41.1. The first-order valence-electron chi connectivity index (χ1n) is 22.7. The van der Waals surface area contributed by atoms with E-state index in [4.69, 9.17) is 28.4 Å². The fourth-order valence-corrected chi connectivity index (χ4v) is 7.91. The van der Waals surface area contributed by atoms with E-state index < -0.39 is 17.9 Å². The van der Waals surface area contributed by atoms with Crippen LogP contribution in [-0.4, -0.2) is 63.7 Å². The highest BCUT2D eigenvalue weighted by molar-refractivity contribution is 9.10. The van der Waals surface area contributed by atoms with Gasteiger partial charge in [0, 0.05) is 21.5 Å². The van der Waals surface area contributed by atoms with Crippen molar-refractivity contribution in [2.45, 2.75) is 0 Å². The van der Waals surface area contributed by atoms with Gasteiger partial charge in [-0.05, 0) is 162 Å². The lowest BCUT2D eigenvalue weighted by atomic mass is 10.0. The van der Waals surface area contributed by atoms with E-state index in [2.05, 4.69) is 31.9 Å². The number of carboxylic acids is 1. The molecular weight excluding hydrogens is 1020 g/mol. The smallest absolute Gasteiger partial charge is 0.339 e. The minimum absolute atomic E-state index is 0.126. The lowest BCUT2D eigenvalue weighted by Crippen LogP contribution is -2.15. The molecule has 8 aromatic rings. The highest BCUT2D eigenvalue weighted by Gasteiger charge is 2.19. The quantitative estimate of drug-likeness (QED) is 0.0906. The highest BCUT2D eigenvalue weighted by Crippen LogP contribution is 2.38. The van der Waals surface area contributed by atoms with E-state index in [1.807, 2.05) is 48.5 Å². The van der Waals surface area contributed by atoms with Crippen molar-refractivity contribution in [2.24, 2.45) is 0 Å². The molecule has 2 aliphatic rings. The molecule has 0 saturated heterocycles. The fourth-order valence-electron chi connectivity index (χ4n) is 7.55. The van der Waals surface area contributed by atoms with Crippen molar-refractivity contribution in [3.63, 3.8) is 0 Å². The Morgan fingerprint density at radius 3 is 1.15 bits per heavy atom. The second-order valence-electron chi connectivity index (χ2n) is 16.1. The molecule has 0 radical (unpaired) electrons. The Labute approximate surface area is 431 Å². The average Bonchev–Trinajstić information content (AvgIpc) is 3.42. The van der Waals surface area contributed by atoms with Crippen molar-refractivity contribution in [1.29, 1.82) is 0 Å². The molecule has 0 bridgehead atoms. The number of aromatic carboxylic acids is 1. The summed E-state index contributed by atoms with van der Waals surface area (Å²) in [6.45, 7) is 2.05. The lowest BCUT2D eigenvalue weighted by molar-refractivity contribution is 0.0593. The van der Waals surface area contributed by atoms with Crippen molar-refractivity contribution >= 4 is 68.0 Å². The molecule has 8 aromatic carbocycles.